The lowest BCUT2D eigenvalue weighted by Gasteiger charge is -2.32. The van der Waals surface area contributed by atoms with Crippen LogP contribution in [0.5, 0.6) is 0 Å². The number of carbonyl (C=O) groups is 1. The first-order valence-electron chi connectivity index (χ1n) is 7.07. The van der Waals surface area contributed by atoms with Gasteiger partial charge in [-0.1, -0.05) is 0 Å². The highest BCUT2D eigenvalue weighted by Crippen LogP contribution is 2.22. The Hall–Kier alpha value is -1.73. The van der Waals surface area contributed by atoms with Gasteiger partial charge in [0.1, 0.15) is 17.7 Å². The van der Waals surface area contributed by atoms with Crippen LogP contribution in [0.1, 0.15) is 17.6 Å². The number of aromatic nitrogens is 2. The molecule has 116 valence electrons. The molecule has 0 spiro atoms. The zero-order chi connectivity index (χ0) is 15.4. The van der Waals surface area contributed by atoms with Crippen molar-refractivity contribution in [2.75, 3.05) is 52.7 Å². The molecule has 0 aliphatic carbocycles. The molecule has 1 atom stereocenters. The quantitative estimate of drug-likeness (QED) is 0.860. The molecule has 1 fully saturated rings. The average Bonchev–Trinajstić information content (AvgIpc) is 2.46. The van der Waals surface area contributed by atoms with E-state index >= 15 is 0 Å². The lowest BCUT2D eigenvalue weighted by molar-refractivity contribution is -0.132. The summed E-state index contributed by atoms with van der Waals surface area (Å²) in [5.74, 6) is 1.59. The van der Waals surface area contributed by atoms with Crippen LogP contribution in [0.4, 0.5) is 5.82 Å². The van der Waals surface area contributed by atoms with Gasteiger partial charge in [-0.15, -0.1) is 0 Å². The Labute approximate surface area is 125 Å². The molecule has 0 radical (unpaired) electrons. The van der Waals surface area contributed by atoms with Crippen LogP contribution in [0.3, 0.4) is 0 Å². The molecule has 1 amide bonds. The first kappa shape index (κ1) is 15.7. The second-order valence-electron chi connectivity index (χ2n) is 5.36. The molecular formula is C14H23N5O2. The molecule has 2 rings (SSSR count). The predicted octanol–water partition coefficient (Wildman–Crippen LogP) is 0.288. The number of anilines is 1. The van der Waals surface area contributed by atoms with E-state index in [1.165, 1.54) is 0 Å². The molecule has 7 nitrogen and oxygen atoms in total. The largest absolute Gasteiger partial charge is 0.373 e. The fraction of sp³-hybridized carbons (Fsp3) is 0.643. The van der Waals surface area contributed by atoms with Crippen LogP contribution in [0, 0.1) is 6.92 Å². The van der Waals surface area contributed by atoms with Gasteiger partial charge < -0.3 is 15.0 Å². The molecule has 21 heavy (non-hydrogen) atoms. The summed E-state index contributed by atoms with van der Waals surface area (Å²) < 4.78 is 5.81. The van der Waals surface area contributed by atoms with E-state index in [1.807, 2.05) is 20.0 Å². The van der Waals surface area contributed by atoms with Crippen molar-refractivity contribution in [2.24, 2.45) is 0 Å². The molecule has 1 saturated heterocycles. The Morgan fingerprint density at radius 1 is 1.52 bits per heavy atom. The van der Waals surface area contributed by atoms with E-state index in [2.05, 4.69) is 20.2 Å². The zero-order valence-electron chi connectivity index (χ0n) is 13.1. The third-order valence-electron chi connectivity index (χ3n) is 3.45. The normalized spacial score (nSPS) is 19.3. The number of amides is 1. The van der Waals surface area contributed by atoms with Gasteiger partial charge in [-0.25, -0.2) is 9.97 Å². The fourth-order valence-electron chi connectivity index (χ4n) is 2.24. The molecule has 0 bridgehead atoms. The third-order valence-corrected chi connectivity index (χ3v) is 3.45. The average molecular weight is 293 g/mol. The smallest absolute Gasteiger partial charge is 0.236 e. The Morgan fingerprint density at radius 2 is 2.29 bits per heavy atom. The van der Waals surface area contributed by atoms with Crippen LogP contribution in [-0.2, 0) is 9.53 Å². The number of likely N-dealkylation sites (N-methyl/N-ethyl adjacent to an activating group) is 1. The molecule has 0 aromatic carbocycles. The van der Waals surface area contributed by atoms with Crippen molar-refractivity contribution in [3.8, 4) is 0 Å². The van der Waals surface area contributed by atoms with Crippen molar-refractivity contribution in [1.82, 2.24) is 19.8 Å². The molecule has 1 N–H and O–H groups in total. The van der Waals surface area contributed by atoms with Gasteiger partial charge in [0.15, 0.2) is 0 Å². The third kappa shape index (κ3) is 4.12. The van der Waals surface area contributed by atoms with Gasteiger partial charge in [0, 0.05) is 40.3 Å². The van der Waals surface area contributed by atoms with Crippen molar-refractivity contribution in [2.45, 2.75) is 13.0 Å². The van der Waals surface area contributed by atoms with Gasteiger partial charge in [0.2, 0.25) is 5.91 Å². The number of hydrogen-bond acceptors (Lipinski definition) is 6. The molecule has 7 heteroatoms. The van der Waals surface area contributed by atoms with Crippen LogP contribution in [0.25, 0.3) is 0 Å². The van der Waals surface area contributed by atoms with Gasteiger partial charge in [0.25, 0.3) is 0 Å². The van der Waals surface area contributed by atoms with E-state index in [4.69, 9.17) is 4.74 Å². The number of nitrogens with zero attached hydrogens (tertiary/aromatic N) is 4. The Balaban J connectivity index is 2.07. The van der Waals surface area contributed by atoms with E-state index in [1.54, 1.807) is 19.0 Å². The molecule has 1 aromatic heterocycles. The van der Waals surface area contributed by atoms with Crippen molar-refractivity contribution in [3.05, 3.63) is 17.6 Å². The number of hydrogen-bond donors (Lipinski definition) is 1. The monoisotopic (exact) mass is 293 g/mol. The summed E-state index contributed by atoms with van der Waals surface area (Å²) in [7, 11) is 5.37. The SMILES string of the molecule is CNc1cc(C2CN(CC(=O)N(C)C)CCO2)nc(C)n1. The molecule has 1 aliphatic heterocycles. The predicted molar refractivity (Wildman–Crippen MR) is 80.1 cm³/mol. The van der Waals surface area contributed by atoms with Crippen LogP contribution in [-0.4, -0.2) is 73.1 Å². The van der Waals surface area contributed by atoms with Gasteiger partial charge in [-0.05, 0) is 6.92 Å². The van der Waals surface area contributed by atoms with Crippen molar-refractivity contribution >= 4 is 11.7 Å². The van der Waals surface area contributed by atoms with Gasteiger partial charge in [-0.2, -0.15) is 0 Å². The molecule has 1 unspecified atom stereocenters. The van der Waals surface area contributed by atoms with Gasteiger partial charge in [-0.3, -0.25) is 9.69 Å². The summed E-state index contributed by atoms with van der Waals surface area (Å²) in [4.78, 5) is 24.3. The number of aryl methyl sites for hydroxylation is 1. The maximum absolute atomic E-state index is 11.8. The fourth-order valence-corrected chi connectivity index (χ4v) is 2.24. The van der Waals surface area contributed by atoms with Crippen LogP contribution in [0.15, 0.2) is 6.07 Å². The highest BCUT2D eigenvalue weighted by Gasteiger charge is 2.25. The molecule has 1 aromatic rings. The summed E-state index contributed by atoms with van der Waals surface area (Å²) in [5.41, 5.74) is 0.855. The van der Waals surface area contributed by atoms with E-state index < -0.39 is 0 Å². The lowest BCUT2D eigenvalue weighted by atomic mass is 10.2. The maximum atomic E-state index is 11.8. The number of nitrogens with one attached hydrogen (secondary N) is 1. The van der Waals surface area contributed by atoms with Crippen molar-refractivity contribution < 1.29 is 9.53 Å². The van der Waals surface area contributed by atoms with Crippen molar-refractivity contribution in [3.63, 3.8) is 0 Å². The minimum absolute atomic E-state index is 0.102. The zero-order valence-corrected chi connectivity index (χ0v) is 13.1. The highest BCUT2D eigenvalue weighted by molar-refractivity contribution is 5.77. The second kappa shape index (κ2) is 6.82. The minimum atomic E-state index is -0.123. The Bertz CT molecular complexity index is 506. The number of rotatable bonds is 4. The Morgan fingerprint density at radius 3 is 2.95 bits per heavy atom. The number of carbonyl (C=O) groups excluding carboxylic acids is 1. The molecule has 1 aliphatic rings. The maximum Gasteiger partial charge on any atom is 0.236 e. The molecule has 2 heterocycles. The number of morpholine rings is 1. The molecular weight excluding hydrogens is 270 g/mol. The minimum Gasteiger partial charge on any atom is -0.373 e. The van der Waals surface area contributed by atoms with E-state index in [-0.39, 0.29) is 12.0 Å². The highest BCUT2D eigenvalue weighted by atomic mass is 16.5. The summed E-state index contributed by atoms with van der Waals surface area (Å²) in [6, 6.07) is 1.90. The first-order chi connectivity index (χ1) is 9.99. The van der Waals surface area contributed by atoms with Crippen molar-refractivity contribution in [1.29, 1.82) is 0 Å². The topological polar surface area (TPSA) is 70.6 Å². The summed E-state index contributed by atoms with van der Waals surface area (Å²) in [6.45, 7) is 4.30. The summed E-state index contributed by atoms with van der Waals surface area (Å²) in [5, 5.41) is 3.02. The van der Waals surface area contributed by atoms with Gasteiger partial charge in [0.05, 0.1) is 18.8 Å². The second-order valence-corrected chi connectivity index (χ2v) is 5.36. The number of ether oxygens (including phenoxy) is 1. The van der Waals surface area contributed by atoms with E-state index in [0.717, 1.165) is 18.1 Å². The van der Waals surface area contributed by atoms with Crippen LogP contribution in [0.2, 0.25) is 0 Å². The summed E-state index contributed by atoms with van der Waals surface area (Å²) in [6.07, 6.45) is -0.123. The lowest BCUT2D eigenvalue weighted by Crippen LogP contribution is -2.44. The van der Waals surface area contributed by atoms with Crippen LogP contribution < -0.4 is 5.32 Å². The first-order valence-corrected chi connectivity index (χ1v) is 7.07. The van der Waals surface area contributed by atoms with E-state index in [0.29, 0.717) is 25.5 Å². The van der Waals surface area contributed by atoms with Gasteiger partial charge >= 0.3 is 0 Å². The van der Waals surface area contributed by atoms with Crippen LogP contribution >= 0.6 is 0 Å². The van der Waals surface area contributed by atoms with E-state index in [9.17, 15) is 4.79 Å². The standard InChI is InChI=1S/C14H23N5O2/c1-10-16-11(7-13(15-2)17-10)12-8-19(5-6-21-12)9-14(20)18(3)4/h7,12H,5-6,8-9H2,1-4H3,(H,15,16,17). The Kier molecular flexibility index (Phi) is 5.08. The molecule has 0 saturated carbocycles. The summed E-state index contributed by atoms with van der Waals surface area (Å²) >= 11 is 0.